The molecule has 0 amide bonds. The minimum absolute atomic E-state index is 0.111. The summed E-state index contributed by atoms with van der Waals surface area (Å²) in [5.41, 5.74) is -0.0608. The van der Waals surface area contributed by atoms with E-state index in [9.17, 15) is 15.0 Å². The molecule has 2 aromatic heterocycles. The van der Waals surface area contributed by atoms with Gasteiger partial charge in [0, 0.05) is 0 Å². The molecule has 0 aliphatic carbocycles. The quantitative estimate of drug-likeness (QED) is 0.482. The van der Waals surface area contributed by atoms with Crippen molar-refractivity contribution in [1.29, 1.82) is 0 Å². The van der Waals surface area contributed by atoms with E-state index in [-0.39, 0.29) is 11.2 Å². The number of hydrogen-bond acceptors (Lipinski definition) is 7. The van der Waals surface area contributed by atoms with Crippen molar-refractivity contribution in [3.8, 4) is 0 Å². The fourth-order valence-corrected chi connectivity index (χ4v) is 2.16. The van der Waals surface area contributed by atoms with Crippen molar-refractivity contribution in [2.75, 3.05) is 6.61 Å². The van der Waals surface area contributed by atoms with Crippen molar-refractivity contribution in [2.45, 2.75) is 24.5 Å². The monoisotopic (exact) mass is 268 g/mol. The molecule has 4 atom stereocenters. The number of imidazole rings is 1. The highest BCUT2D eigenvalue weighted by molar-refractivity contribution is 5.68. The number of fused-ring (bicyclic) bond motifs is 1. The van der Waals surface area contributed by atoms with Crippen LogP contribution in [0.1, 0.15) is 6.23 Å². The Kier molecular flexibility index (Phi) is 2.82. The van der Waals surface area contributed by atoms with Gasteiger partial charge in [-0.25, -0.2) is 9.97 Å². The number of ether oxygens (including phenoxy) is 1. The van der Waals surface area contributed by atoms with Crippen molar-refractivity contribution >= 4 is 11.2 Å². The van der Waals surface area contributed by atoms with E-state index in [1.54, 1.807) is 0 Å². The molecule has 9 heteroatoms. The minimum atomic E-state index is -1.24. The van der Waals surface area contributed by atoms with Gasteiger partial charge in [-0.05, 0) is 0 Å². The first kappa shape index (κ1) is 12.2. The maximum Gasteiger partial charge on any atom is 0.278 e. The summed E-state index contributed by atoms with van der Waals surface area (Å²) in [6.45, 7) is -0.421. The van der Waals surface area contributed by atoms with Gasteiger partial charge < -0.3 is 25.0 Å². The van der Waals surface area contributed by atoms with Crippen LogP contribution in [0.2, 0.25) is 0 Å². The Morgan fingerprint density at radius 2 is 2.16 bits per heavy atom. The van der Waals surface area contributed by atoms with E-state index in [2.05, 4.69) is 15.0 Å². The summed E-state index contributed by atoms with van der Waals surface area (Å²) < 4.78 is 6.70. The molecule has 0 radical (unpaired) electrons. The number of nitrogens with zero attached hydrogens (tertiary/aromatic N) is 3. The lowest BCUT2D eigenvalue weighted by Gasteiger charge is -2.16. The van der Waals surface area contributed by atoms with Crippen molar-refractivity contribution in [2.24, 2.45) is 0 Å². The normalized spacial score (nSPS) is 31.1. The van der Waals surface area contributed by atoms with Crippen LogP contribution in [-0.4, -0.2) is 59.8 Å². The topological polar surface area (TPSA) is 133 Å². The highest BCUT2D eigenvalue weighted by Gasteiger charge is 2.43. The van der Waals surface area contributed by atoms with Gasteiger partial charge in [0.15, 0.2) is 17.4 Å². The van der Waals surface area contributed by atoms with E-state index in [1.807, 2.05) is 0 Å². The van der Waals surface area contributed by atoms with Crippen molar-refractivity contribution in [1.82, 2.24) is 19.5 Å². The lowest BCUT2D eigenvalue weighted by Crippen LogP contribution is -2.33. The molecule has 9 nitrogen and oxygen atoms in total. The van der Waals surface area contributed by atoms with E-state index in [4.69, 9.17) is 9.84 Å². The van der Waals surface area contributed by atoms with E-state index >= 15 is 0 Å². The molecule has 1 aliphatic heterocycles. The van der Waals surface area contributed by atoms with Gasteiger partial charge >= 0.3 is 0 Å². The summed E-state index contributed by atoms with van der Waals surface area (Å²) in [6.07, 6.45) is -1.78. The van der Waals surface area contributed by atoms with Gasteiger partial charge in [-0.2, -0.15) is 0 Å². The van der Waals surface area contributed by atoms with Gasteiger partial charge in [0.25, 0.3) is 5.56 Å². The molecule has 1 aliphatic rings. The molecule has 3 heterocycles. The number of nitrogens with one attached hydrogen (secondary N) is 1. The van der Waals surface area contributed by atoms with Crippen LogP contribution in [0.3, 0.4) is 0 Å². The predicted octanol–water partition coefficient (Wildman–Crippen LogP) is -2.27. The Labute approximate surface area is 106 Å². The Bertz CT molecular complexity index is 653. The number of hydrogen-bond donors (Lipinski definition) is 4. The first-order valence-electron chi connectivity index (χ1n) is 5.66. The zero-order chi connectivity index (χ0) is 13.6. The maximum absolute atomic E-state index is 11.5. The number of aromatic amines is 1. The fraction of sp³-hybridized carbons (Fsp3) is 0.500. The van der Waals surface area contributed by atoms with Gasteiger partial charge in [0.05, 0.1) is 19.3 Å². The van der Waals surface area contributed by atoms with Crippen LogP contribution in [0.25, 0.3) is 11.2 Å². The Morgan fingerprint density at radius 1 is 1.37 bits per heavy atom. The van der Waals surface area contributed by atoms with E-state index in [0.717, 1.165) is 0 Å². The van der Waals surface area contributed by atoms with Gasteiger partial charge in [-0.3, -0.25) is 9.36 Å². The molecule has 1 unspecified atom stereocenters. The molecular formula is C10H12N4O5. The molecule has 102 valence electrons. The zero-order valence-electron chi connectivity index (χ0n) is 9.67. The van der Waals surface area contributed by atoms with E-state index < -0.39 is 36.7 Å². The Morgan fingerprint density at radius 3 is 2.84 bits per heavy atom. The molecule has 0 spiro atoms. The molecule has 3 rings (SSSR count). The largest absolute Gasteiger partial charge is 0.394 e. The number of aromatic nitrogens is 4. The molecule has 0 saturated carbocycles. The smallest absolute Gasteiger partial charge is 0.278 e. The number of aliphatic hydroxyl groups is 3. The number of H-pyrrole nitrogens is 1. The van der Waals surface area contributed by atoms with Crippen LogP contribution in [0.5, 0.6) is 0 Å². The summed E-state index contributed by atoms with van der Waals surface area (Å²) in [5, 5.41) is 28.6. The number of rotatable bonds is 2. The molecule has 0 bridgehead atoms. The van der Waals surface area contributed by atoms with Crippen molar-refractivity contribution in [3.05, 3.63) is 23.0 Å². The number of aliphatic hydroxyl groups excluding tert-OH is 3. The average molecular weight is 268 g/mol. The third-order valence-electron chi connectivity index (χ3n) is 3.16. The van der Waals surface area contributed by atoms with Crippen LogP contribution in [0, 0.1) is 0 Å². The highest BCUT2D eigenvalue weighted by atomic mass is 16.6. The third kappa shape index (κ3) is 1.75. The third-order valence-corrected chi connectivity index (χ3v) is 3.16. The molecule has 1 fully saturated rings. The van der Waals surface area contributed by atoms with E-state index in [1.165, 1.54) is 17.2 Å². The van der Waals surface area contributed by atoms with Crippen LogP contribution in [0.4, 0.5) is 0 Å². The standard InChI is InChI=1S/C10H12N4O5/c15-1-4-6(16)7(17)10(19-4)14-3-13-5-8(14)11-2-12-9(5)18/h2-4,6-7,10,15-17H,1H2,(H,11,12,18)/t4-,6-,7?,10-/m1/s1. The highest BCUT2D eigenvalue weighted by Crippen LogP contribution is 2.30. The van der Waals surface area contributed by atoms with Gasteiger partial charge in [0.1, 0.15) is 18.3 Å². The molecule has 2 aromatic rings. The molecule has 4 N–H and O–H groups in total. The summed E-state index contributed by atoms with van der Waals surface area (Å²) >= 11 is 0. The first-order chi connectivity index (χ1) is 9.13. The second-order valence-electron chi connectivity index (χ2n) is 4.28. The van der Waals surface area contributed by atoms with Crippen LogP contribution in [0.15, 0.2) is 17.4 Å². The van der Waals surface area contributed by atoms with Gasteiger partial charge in [0.2, 0.25) is 0 Å². The summed E-state index contributed by atoms with van der Waals surface area (Å²) in [4.78, 5) is 21.8. The summed E-state index contributed by atoms with van der Waals surface area (Å²) in [6, 6.07) is 0. The SMILES string of the molecule is O=c1[nH]cnc2c1ncn2[C@@H]1O[C@H](CO)[C@@H](O)C1O. The Balaban J connectivity index is 2.06. The fourth-order valence-electron chi connectivity index (χ4n) is 2.16. The van der Waals surface area contributed by atoms with Crippen LogP contribution >= 0.6 is 0 Å². The van der Waals surface area contributed by atoms with Crippen molar-refractivity contribution < 1.29 is 20.1 Å². The van der Waals surface area contributed by atoms with Gasteiger partial charge in [-0.15, -0.1) is 0 Å². The van der Waals surface area contributed by atoms with Crippen LogP contribution < -0.4 is 5.56 Å². The van der Waals surface area contributed by atoms with Gasteiger partial charge in [-0.1, -0.05) is 0 Å². The first-order valence-corrected chi connectivity index (χ1v) is 5.66. The molecular weight excluding hydrogens is 256 g/mol. The average Bonchev–Trinajstić information content (AvgIpc) is 2.94. The second-order valence-corrected chi connectivity index (χ2v) is 4.28. The molecule has 0 aromatic carbocycles. The minimum Gasteiger partial charge on any atom is -0.394 e. The molecule has 19 heavy (non-hydrogen) atoms. The molecule has 1 saturated heterocycles. The lowest BCUT2D eigenvalue weighted by atomic mass is 10.1. The van der Waals surface area contributed by atoms with Crippen LogP contribution in [-0.2, 0) is 4.74 Å². The van der Waals surface area contributed by atoms with E-state index in [0.29, 0.717) is 0 Å². The lowest BCUT2D eigenvalue weighted by molar-refractivity contribution is -0.0511. The summed E-state index contributed by atoms with van der Waals surface area (Å²) in [7, 11) is 0. The zero-order valence-corrected chi connectivity index (χ0v) is 9.67. The summed E-state index contributed by atoms with van der Waals surface area (Å²) in [5.74, 6) is 0. The maximum atomic E-state index is 11.5. The Hall–Kier alpha value is -1.81. The van der Waals surface area contributed by atoms with Crippen molar-refractivity contribution in [3.63, 3.8) is 0 Å². The predicted molar refractivity (Wildman–Crippen MR) is 61.2 cm³/mol. The second kappa shape index (κ2) is 4.38.